The van der Waals surface area contributed by atoms with Crippen molar-refractivity contribution in [2.75, 3.05) is 19.6 Å². The van der Waals surface area contributed by atoms with Gasteiger partial charge in [0.25, 0.3) is 0 Å². The summed E-state index contributed by atoms with van der Waals surface area (Å²) in [6.07, 6.45) is 5.14. The second-order valence-corrected chi connectivity index (χ2v) is 5.10. The summed E-state index contributed by atoms with van der Waals surface area (Å²) >= 11 is 0. The van der Waals surface area contributed by atoms with Gasteiger partial charge in [0.1, 0.15) is 0 Å². The van der Waals surface area contributed by atoms with Gasteiger partial charge in [-0.1, -0.05) is 36.2 Å². The van der Waals surface area contributed by atoms with E-state index >= 15 is 0 Å². The van der Waals surface area contributed by atoms with Gasteiger partial charge in [0.05, 0.1) is 0 Å². The number of nitrogens with two attached hydrogens (primary N) is 1. The lowest BCUT2D eigenvalue weighted by Crippen LogP contribution is -2.34. The second kappa shape index (κ2) is 6.18. The van der Waals surface area contributed by atoms with Crippen LogP contribution in [-0.2, 0) is 0 Å². The number of rotatable bonds is 4. The Labute approximate surface area is 105 Å². The minimum absolute atomic E-state index is 0.529. The number of likely N-dealkylation sites (tertiary alicyclic amines) is 1. The predicted octanol–water partition coefficient (Wildman–Crippen LogP) is 2.87. The van der Waals surface area contributed by atoms with Gasteiger partial charge in [-0.05, 0) is 51.4 Å². The van der Waals surface area contributed by atoms with Gasteiger partial charge in [-0.2, -0.15) is 0 Å². The van der Waals surface area contributed by atoms with Crippen molar-refractivity contribution in [1.29, 1.82) is 0 Å². The highest BCUT2D eigenvalue weighted by Crippen LogP contribution is 2.27. The van der Waals surface area contributed by atoms with Crippen molar-refractivity contribution >= 4 is 0 Å². The summed E-state index contributed by atoms with van der Waals surface area (Å²) in [5.41, 5.74) is 8.54. The molecule has 0 bridgehead atoms. The monoisotopic (exact) mass is 232 g/mol. The first-order valence-electron chi connectivity index (χ1n) is 6.82. The van der Waals surface area contributed by atoms with Crippen LogP contribution in [0.3, 0.4) is 0 Å². The Morgan fingerprint density at radius 2 is 1.76 bits per heavy atom. The zero-order valence-corrected chi connectivity index (χ0v) is 10.9. The van der Waals surface area contributed by atoms with Crippen LogP contribution >= 0.6 is 0 Å². The zero-order valence-electron chi connectivity index (χ0n) is 10.9. The highest BCUT2D eigenvalue weighted by Gasteiger charge is 2.21. The number of piperidine rings is 1. The lowest BCUT2D eigenvalue weighted by molar-refractivity contribution is 0.157. The predicted molar refractivity (Wildman–Crippen MR) is 73.0 cm³/mol. The van der Waals surface area contributed by atoms with E-state index in [1.165, 1.54) is 43.5 Å². The van der Waals surface area contributed by atoms with E-state index in [2.05, 4.69) is 36.1 Å². The summed E-state index contributed by atoms with van der Waals surface area (Å²) in [6, 6.07) is 9.49. The molecule has 0 aliphatic carbocycles. The first kappa shape index (κ1) is 12.6. The Hall–Kier alpha value is -0.860. The Kier molecular flexibility index (Phi) is 4.57. The molecule has 94 valence electrons. The van der Waals surface area contributed by atoms with Crippen LogP contribution in [0.5, 0.6) is 0 Å². The summed E-state index contributed by atoms with van der Waals surface area (Å²) in [5, 5.41) is 0. The van der Waals surface area contributed by atoms with E-state index in [4.69, 9.17) is 5.73 Å². The summed E-state index contributed by atoms with van der Waals surface area (Å²) in [5.74, 6) is 0. The lowest BCUT2D eigenvalue weighted by atomic mass is 9.98. The first-order chi connectivity index (χ1) is 8.31. The molecule has 2 heteroatoms. The molecule has 2 rings (SSSR count). The molecule has 1 unspecified atom stereocenters. The minimum atomic E-state index is 0.529. The molecule has 2 N–H and O–H groups in total. The molecule has 0 saturated carbocycles. The molecular weight excluding hydrogens is 208 g/mol. The summed E-state index contributed by atoms with van der Waals surface area (Å²) in [4.78, 5) is 2.61. The number of hydrogen-bond acceptors (Lipinski definition) is 2. The van der Waals surface area contributed by atoms with Gasteiger partial charge in [-0.25, -0.2) is 0 Å². The summed E-state index contributed by atoms with van der Waals surface area (Å²) in [6.45, 7) is 5.38. The third-order valence-corrected chi connectivity index (χ3v) is 3.73. The van der Waals surface area contributed by atoms with Crippen molar-refractivity contribution < 1.29 is 0 Å². The van der Waals surface area contributed by atoms with Crippen LogP contribution in [0.4, 0.5) is 0 Å². The van der Waals surface area contributed by atoms with Crippen molar-refractivity contribution in [2.24, 2.45) is 5.73 Å². The molecule has 1 heterocycles. The van der Waals surface area contributed by atoms with Crippen molar-refractivity contribution in [3.63, 3.8) is 0 Å². The molecule has 1 aromatic carbocycles. The van der Waals surface area contributed by atoms with E-state index < -0.39 is 0 Å². The highest BCUT2D eigenvalue weighted by molar-refractivity contribution is 5.24. The number of benzene rings is 1. The maximum absolute atomic E-state index is 5.78. The highest BCUT2D eigenvalue weighted by atomic mass is 15.2. The quantitative estimate of drug-likeness (QED) is 0.865. The fraction of sp³-hybridized carbons (Fsp3) is 0.600. The van der Waals surface area contributed by atoms with Crippen molar-refractivity contribution in [1.82, 2.24) is 4.90 Å². The summed E-state index contributed by atoms with van der Waals surface area (Å²) < 4.78 is 0. The van der Waals surface area contributed by atoms with Crippen LogP contribution in [-0.4, -0.2) is 24.5 Å². The SMILES string of the molecule is Cc1ccc(C(CCN)N2CCCCC2)cc1. The molecule has 0 aromatic heterocycles. The number of hydrogen-bond donors (Lipinski definition) is 1. The smallest absolute Gasteiger partial charge is 0.0360 e. The molecule has 1 fully saturated rings. The van der Waals surface area contributed by atoms with E-state index in [0.717, 1.165) is 13.0 Å². The van der Waals surface area contributed by atoms with Gasteiger partial charge >= 0.3 is 0 Å². The zero-order chi connectivity index (χ0) is 12.1. The van der Waals surface area contributed by atoms with Crippen LogP contribution in [0, 0.1) is 6.92 Å². The van der Waals surface area contributed by atoms with E-state index in [9.17, 15) is 0 Å². The normalized spacial score (nSPS) is 19.2. The van der Waals surface area contributed by atoms with Crippen LogP contribution < -0.4 is 5.73 Å². The van der Waals surface area contributed by atoms with Crippen molar-refractivity contribution in [2.45, 2.75) is 38.6 Å². The van der Waals surface area contributed by atoms with Gasteiger partial charge in [-0.15, -0.1) is 0 Å². The molecule has 1 saturated heterocycles. The van der Waals surface area contributed by atoms with E-state index in [1.54, 1.807) is 0 Å². The lowest BCUT2D eigenvalue weighted by Gasteiger charge is -2.34. The van der Waals surface area contributed by atoms with E-state index in [-0.39, 0.29) is 0 Å². The van der Waals surface area contributed by atoms with Gasteiger partial charge < -0.3 is 5.73 Å². The standard InChI is InChI=1S/C15H24N2/c1-13-5-7-14(8-6-13)15(9-10-16)17-11-3-2-4-12-17/h5-8,15H,2-4,9-12,16H2,1H3. The molecule has 1 aromatic rings. The minimum Gasteiger partial charge on any atom is -0.330 e. The average molecular weight is 232 g/mol. The van der Waals surface area contributed by atoms with E-state index in [1.807, 2.05) is 0 Å². The molecule has 0 amide bonds. The molecule has 0 spiro atoms. The van der Waals surface area contributed by atoms with E-state index in [0.29, 0.717) is 6.04 Å². The fourth-order valence-electron chi connectivity index (χ4n) is 2.74. The van der Waals surface area contributed by atoms with Gasteiger partial charge in [0, 0.05) is 6.04 Å². The van der Waals surface area contributed by atoms with Crippen molar-refractivity contribution in [3.8, 4) is 0 Å². The van der Waals surface area contributed by atoms with Crippen LogP contribution in [0.2, 0.25) is 0 Å². The molecule has 1 atom stereocenters. The molecule has 17 heavy (non-hydrogen) atoms. The Morgan fingerprint density at radius 1 is 1.12 bits per heavy atom. The fourth-order valence-corrected chi connectivity index (χ4v) is 2.74. The maximum atomic E-state index is 5.78. The maximum Gasteiger partial charge on any atom is 0.0360 e. The van der Waals surface area contributed by atoms with Crippen LogP contribution in [0.15, 0.2) is 24.3 Å². The van der Waals surface area contributed by atoms with Crippen LogP contribution in [0.1, 0.15) is 42.9 Å². The average Bonchev–Trinajstić information content (AvgIpc) is 2.38. The third-order valence-electron chi connectivity index (χ3n) is 3.73. The Morgan fingerprint density at radius 3 is 2.35 bits per heavy atom. The van der Waals surface area contributed by atoms with Crippen molar-refractivity contribution in [3.05, 3.63) is 35.4 Å². The third kappa shape index (κ3) is 3.30. The summed E-state index contributed by atoms with van der Waals surface area (Å²) in [7, 11) is 0. The molecule has 1 aliphatic heterocycles. The largest absolute Gasteiger partial charge is 0.330 e. The first-order valence-corrected chi connectivity index (χ1v) is 6.82. The second-order valence-electron chi connectivity index (χ2n) is 5.10. The number of nitrogens with zero attached hydrogens (tertiary/aromatic N) is 1. The Bertz CT molecular complexity index is 325. The topological polar surface area (TPSA) is 29.3 Å². The molecule has 2 nitrogen and oxygen atoms in total. The van der Waals surface area contributed by atoms with Crippen LogP contribution in [0.25, 0.3) is 0 Å². The molecular formula is C15H24N2. The number of aryl methyl sites for hydroxylation is 1. The molecule has 1 aliphatic rings. The van der Waals surface area contributed by atoms with Gasteiger partial charge in [-0.3, -0.25) is 4.90 Å². The van der Waals surface area contributed by atoms with Gasteiger partial charge in [0.15, 0.2) is 0 Å². The Balaban J connectivity index is 2.12. The van der Waals surface area contributed by atoms with Gasteiger partial charge in [0.2, 0.25) is 0 Å². The molecule has 0 radical (unpaired) electrons.